The molecule has 0 aliphatic carbocycles. The molecule has 0 unspecified atom stereocenters. The highest BCUT2D eigenvalue weighted by molar-refractivity contribution is 5.96. The Bertz CT molecular complexity index is 903. The zero-order valence-corrected chi connectivity index (χ0v) is 13.0. The van der Waals surface area contributed by atoms with Gasteiger partial charge in [0, 0.05) is 24.8 Å². The van der Waals surface area contributed by atoms with E-state index in [2.05, 4.69) is 9.97 Å². The average Bonchev–Trinajstić information content (AvgIpc) is 2.60. The van der Waals surface area contributed by atoms with Gasteiger partial charge in [-0.3, -0.25) is 14.6 Å². The van der Waals surface area contributed by atoms with Gasteiger partial charge in [-0.25, -0.2) is 0 Å². The maximum absolute atomic E-state index is 12.7. The summed E-state index contributed by atoms with van der Waals surface area (Å²) >= 11 is 0. The lowest BCUT2D eigenvalue weighted by Crippen LogP contribution is -2.31. The molecule has 0 saturated heterocycles. The van der Waals surface area contributed by atoms with Gasteiger partial charge in [0.25, 0.3) is 11.5 Å². The van der Waals surface area contributed by atoms with Gasteiger partial charge in [0.05, 0.1) is 6.04 Å². The number of hydrogen-bond donors (Lipinski definition) is 1. The SMILES string of the molecule is C[C@H](c1cccnc1)N(C)C(=O)c1cc2ccccc2c(=O)[nH]1. The fourth-order valence-corrected chi connectivity index (χ4v) is 2.54. The van der Waals surface area contributed by atoms with Crippen LogP contribution in [0.5, 0.6) is 0 Å². The predicted octanol–water partition coefficient (Wildman–Crippen LogP) is 2.76. The van der Waals surface area contributed by atoms with Crippen LogP contribution in [0.25, 0.3) is 10.8 Å². The standard InChI is InChI=1S/C18H17N3O2/c1-12(14-7-5-9-19-11-14)21(2)18(23)16-10-13-6-3-4-8-15(13)17(22)20-16/h3-12H,1-2H3,(H,20,22)/t12-/m1/s1. The Morgan fingerprint density at radius 2 is 2.00 bits per heavy atom. The number of rotatable bonds is 3. The Morgan fingerprint density at radius 1 is 1.22 bits per heavy atom. The van der Waals surface area contributed by atoms with Crippen molar-refractivity contribution < 1.29 is 4.79 Å². The van der Waals surface area contributed by atoms with Crippen molar-refractivity contribution in [3.8, 4) is 0 Å². The maximum Gasteiger partial charge on any atom is 0.270 e. The molecule has 3 aromatic rings. The van der Waals surface area contributed by atoms with Crippen LogP contribution in [0.1, 0.15) is 29.0 Å². The first-order chi connectivity index (χ1) is 11.1. The monoisotopic (exact) mass is 307 g/mol. The van der Waals surface area contributed by atoms with Gasteiger partial charge in [-0.2, -0.15) is 0 Å². The number of carbonyl (C=O) groups excluding carboxylic acids is 1. The number of carbonyl (C=O) groups is 1. The van der Waals surface area contributed by atoms with Gasteiger partial charge in [-0.1, -0.05) is 24.3 Å². The summed E-state index contributed by atoms with van der Waals surface area (Å²) in [5, 5.41) is 1.33. The lowest BCUT2D eigenvalue weighted by Gasteiger charge is -2.25. The van der Waals surface area contributed by atoms with E-state index in [0.717, 1.165) is 10.9 Å². The largest absolute Gasteiger partial charge is 0.334 e. The van der Waals surface area contributed by atoms with Crippen LogP contribution in [0.4, 0.5) is 0 Å². The lowest BCUT2D eigenvalue weighted by molar-refractivity contribution is 0.0736. The molecule has 0 bridgehead atoms. The third-order valence-electron chi connectivity index (χ3n) is 4.05. The maximum atomic E-state index is 12.7. The van der Waals surface area contributed by atoms with Crippen molar-refractivity contribution in [2.24, 2.45) is 0 Å². The Kier molecular flexibility index (Phi) is 3.93. The molecule has 1 atom stereocenters. The smallest absolute Gasteiger partial charge is 0.270 e. The molecule has 23 heavy (non-hydrogen) atoms. The van der Waals surface area contributed by atoms with E-state index in [9.17, 15) is 9.59 Å². The van der Waals surface area contributed by atoms with E-state index in [1.54, 1.807) is 42.5 Å². The number of H-pyrrole nitrogens is 1. The topological polar surface area (TPSA) is 66.1 Å². The summed E-state index contributed by atoms with van der Waals surface area (Å²) in [5.41, 5.74) is 0.965. The number of hydrogen-bond acceptors (Lipinski definition) is 3. The molecule has 1 N–H and O–H groups in total. The Labute approximate surface area is 133 Å². The number of nitrogens with zero attached hydrogens (tertiary/aromatic N) is 2. The van der Waals surface area contributed by atoms with Crippen LogP contribution in [0.2, 0.25) is 0 Å². The van der Waals surface area contributed by atoms with Crippen molar-refractivity contribution in [2.75, 3.05) is 7.05 Å². The summed E-state index contributed by atoms with van der Waals surface area (Å²) < 4.78 is 0. The second kappa shape index (κ2) is 6.04. The Morgan fingerprint density at radius 3 is 2.74 bits per heavy atom. The van der Waals surface area contributed by atoms with Crippen molar-refractivity contribution in [3.63, 3.8) is 0 Å². The molecular formula is C18H17N3O2. The van der Waals surface area contributed by atoms with Gasteiger partial charge in [0.15, 0.2) is 0 Å². The minimum atomic E-state index is -0.256. The number of benzene rings is 1. The predicted molar refractivity (Wildman–Crippen MR) is 89.3 cm³/mol. The zero-order valence-electron chi connectivity index (χ0n) is 13.0. The molecule has 5 nitrogen and oxygen atoms in total. The molecule has 3 rings (SSSR count). The van der Waals surface area contributed by atoms with Gasteiger partial charge in [0.1, 0.15) is 5.69 Å². The summed E-state index contributed by atoms with van der Waals surface area (Å²) in [4.78, 5) is 33.2. The van der Waals surface area contributed by atoms with Crippen molar-refractivity contribution in [3.05, 3.63) is 76.5 Å². The van der Waals surface area contributed by atoms with E-state index < -0.39 is 0 Å². The molecule has 5 heteroatoms. The molecule has 2 aromatic heterocycles. The molecule has 0 spiro atoms. The summed E-state index contributed by atoms with van der Waals surface area (Å²) in [6.07, 6.45) is 3.43. The lowest BCUT2D eigenvalue weighted by atomic mass is 10.1. The average molecular weight is 307 g/mol. The third kappa shape index (κ3) is 2.85. The molecule has 0 radical (unpaired) electrons. The van der Waals surface area contributed by atoms with Crippen LogP contribution in [0.3, 0.4) is 0 Å². The first-order valence-corrected chi connectivity index (χ1v) is 7.37. The van der Waals surface area contributed by atoms with Crippen LogP contribution < -0.4 is 5.56 Å². The fourth-order valence-electron chi connectivity index (χ4n) is 2.54. The van der Waals surface area contributed by atoms with Crippen LogP contribution in [0.15, 0.2) is 59.7 Å². The van der Waals surface area contributed by atoms with E-state index in [4.69, 9.17) is 0 Å². The highest BCUT2D eigenvalue weighted by Gasteiger charge is 2.20. The number of fused-ring (bicyclic) bond motifs is 1. The van der Waals surface area contributed by atoms with E-state index in [1.165, 1.54) is 0 Å². The van der Waals surface area contributed by atoms with E-state index >= 15 is 0 Å². The highest BCUT2D eigenvalue weighted by Crippen LogP contribution is 2.20. The summed E-state index contributed by atoms with van der Waals surface area (Å²) in [5.74, 6) is -0.232. The first-order valence-electron chi connectivity index (χ1n) is 7.37. The van der Waals surface area contributed by atoms with Crippen molar-refractivity contribution in [1.82, 2.24) is 14.9 Å². The van der Waals surface area contributed by atoms with Crippen molar-refractivity contribution in [1.29, 1.82) is 0 Å². The Hall–Kier alpha value is -2.95. The Balaban J connectivity index is 1.95. The number of pyridine rings is 2. The zero-order chi connectivity index (χ0) is 16.4. The molecule has 0 aliphatic heterocycles. The molecule has 1 amide bonds. The van der Waals surface area contributed by atoms with Gasteiger partial charge in [-0.05, 0) is 36.1 Å². The molecule has 0 saturated carbocycles. The van der Waals surface area contributed by atoms with Crippen LogP contribution >= 0.6 is 0 Å². The van der Waals surface area contributed by atoms with Crippen molar-refractivity contribution in [2.45, 2.75) is 13.0 Å². The summed E-state index contributed by atoms with van der Waals surface area (Å²) in [6, 6.07) is 12.5. The van der Waals surface area contributed by atoms with Crippen LogP contribution in [-0.4, -0.2) is 27.8 Å². The van der Waals surface area contributed by atoms with Crippen LogP contribution in [-0.2, 0) is 0 Å². The molecule has 0 fully saturated rings. The normalized spacial score (nSPS) is 12.1. The number of amides is 1. The van der Waals surface area contributed by atoms with Gasteiger partial charge in [0.2, 0.25) is 0 Å². The van der Waals surface area contributed by atoms with Crippen LogP contribution in [0, 0.1) is 0 Å². The summed E-state index contributed by atoms with van der Waals surface area (Å²) in [7, 11) is 1.72. The highest BCUT2D eigenvalue weighted by atomic mass is 16.2. The van der Waals surface area contributed by atoms with E-state index in [-0.39, 0.29) is 23.2 Å². The van der Waals surface area contributed by atoms with E-state index in [1.807, 2.05) is 31.2 Å². The number of aromatic nitrogens is 2. The first kappa shape index (κ1) is 15.0. The quantitative estimate of drug-likeness (QED) is 0.809. The van der Waals surface area contributed by atoms with Gasteiger partial charge >= 0.3 is 0 Å². The van der Waals surface area contributed by atoms with Crippen molar-refractivity contribution >= 4 is 16.7 Å². The minimum absolute atomic E-state index is 0.147. The minimum Gasteiger partial charge on any atom is -0.334 e. The molecule has 1 aromatic carbocycles. The molecular weight excluding hydrogens is 290 g/mol. The second-order valence-electron chi connectivity index (χ2n) is 5.48. The second-order valence-corrected chi connectivity index (χ2v) is 5.48. The third-order valence-corrected chi connectivity index (χ3v) is 4.05. The summed E-state index contributed by atoms with van der Waals surface area (Å²) in [6.45, 7) is 1.92. The number of nitrogens with one attached hydrogen (secondary N) is 1. The van der Waals surface area contributed by atoms with E-state index in [0.29, 0.717) is 5.39 Å². The van der Waals surface area contributed by atoms with Gasteiger partial charge in [-0.15, -0.1) is 0 Å². The van der Waals surface area contributed by atoms with Gasteiger partial charge < -0.3 is 9.88 Å². The molecule has 2 heterocycles. The number of aromatic amines is 1. The molecule has 116 valence electrons. The fraction of sp³-hybridized carbons (Fsp3) is 0.167. The molecule has 0 aliphatic rings.